The van der Waals surface area contributed by atoms with Gasteiger partial charge in [-0.25, -0.2) is 0 Å². The summed E-state index contributed by atoms with van der Waals surface area (Å²) in [5, 5.41) is 12.2. The van der Waals surface area contributed by atoms with E-state index < -0.39 is 26.8 Å². The second kappa shape index (κ2) is 10.1. The Labute approximate surface area is 211 Å². The minimum atomic E-state index is -2.04. The van der Waals surface area contributed by atoms with E-state index in [1.54, 1.807) is 12.1 Å². The van der Waals surface area contributed by atoms with Crippen LogP contribution in [0.25, 0.3) is 0 Å². The lowest BCUT2D eigenvalue weighted by molar-refractivity contribution is -0.538. The standard InChI is InChI=1S/C19H19Br2Cl3N2O5/c1-10(27)6-12(25-2-4-30-5-3-25)9-13-14-7-11(20)8-15(21)17(14)31-18(19(22,23)24)16(13)26(28)29/h6-8,13,16,18H,2-5,9H2,1H3/b12-6+/t13-,16-,18-/m0/s1. The van der Waals surface area contributed by atoms with Crippen LogP contribution in [0.4, 0.5) is 0 Å². The van der Waals surface area contributed by atoms with E-state index in [4.69, 9.17) is 44.3 Å². The van der Waals surface area contributed by atoms with Crippen molar-refractivity contribution in [2.24, 2.45) is 0 Å². The van der Waals surface area contributed by atoms with Crippen molar-refractivity contribution in [1.29, 1.82) is 0 Å². The molecule has 3 atom stereocenters. The van der Waals surface area contributed by atoms with Crippen molar-refractivity contribution < 1.29 is 19.2 Å². The Morgan fingerprint density at radius 2 is 1.97 bits per heavy atom. The fourth-order valence-electron chi connectivity index (χ4n) is 3.91. The third-order valence-electron chi connectivity index (χ3n) is 5.19. The number of alkyl halides is 3. The Morgan fingerprint density at radius 1 is 1.32 bits per heavy atom. The van der Waals surface area contributed by atoms with Gasteiger partial charge in [0, 0.05) is 40.2 Å². The molecule has 12 heteroatoms. The first kappa shape index (κ1) is 25.1. The quantitative estimate of drug-likeness (QED) is 0.193. The molecule has 1 aromatic rings. The molecule has 0 aromatic heterocycles. The summed E-state index contributed by atoms with van der Waals surface area (Å²) < 4.78 is 10.5. The van der Waals surface area contributed by atoms with Gasteiger partial charge in [0.2, 0.25) is 9.90 Å². The van der Waals surface area contributed by atoms with Crippen LogP contribution in [0.2, 0.25) is 0 Å². The van der Waals surface area contributed by atoms with Gasteiger partial charge in [0.25, 0.3) is 6.04 Å². The molecule has 0 spiro atoms. The van der Waals surface area contributed by atoms with Crippen LogP contribution in [0.3, 0.4) is 0 Å². The smallest absolute Gasteiger partial charge is 0.260 e. The molecular weight excluding hydrogens is 602 g/mol. The molecule has 2 aliphatic heterocycles. The Bertz CT molecular complexity index is 903. The first-order valence-electron chi connectivity index (χ1n) is 9.38. The number of benzene rings is 1. The van der Waals surface area contributed by atoms with Gasteiger partial charge in [-0.15, -0.1) is 0 Å². The maximum atomic E-state index is 12.2. The topological polar surface area (TPSA) is 81.9 Å². The first-order chi connectivity index (χ1) is 14.5. The van der Waals surface area contributed by atoms with E-state index >= 15 is 0 Å². The molecular formula is C19H19Br2Cl3N2O5. The number of hydrogen-bond acceptors (Lipinski definition) is 6. The van der Waals surface area contributed by atoms with Gasteiger partial charge in [-0.05, 0) is 41.1 Å². The number of fused-ring (bicyclic) bond motifs is 1. The zero-order valence-corrected chi connectivity index (χ0v) is 21.8. The average molecular weight is 622 g/mol. The highest BCUT2D eigenvalue weighted by atomic mass is 79.9. The van der Waals surface area contributed by atoms with E-state index in [-0.39, 0.29) is 12.2 Å². The fourth-order valence-corrected chi connectivity index (χ4v) is 5.78. The van der Waals surface area contributed by atoms with Crippen LogP contribution in [0, 0.1) is 10.1 Å². The number of allylic oxidation sites excluding steroid dienone is 2. The predicted molar refractivity (Wildman–Crippen MR) is 126 cm³/mol. The highest BCUT2D eigenvalue weighted by Gasteiger charge is 2.55. The van der Waals surface area contributed by atoms with E-state index in [1.807, 2.05) is 4.90 Å². The summed E-state index contributed by atoms with van der Waals surface area (Å²) in [7, 11) is 0. The highest BCUT2D eigenvalue weighted by molar-refractivity contribution is 9.11. The van der Waals surface area contributed by atoms with Crippen LogP contribution in [0.1, 0.15) is 24.8 Å². The van der Waals surface area contributed by atoms with Gasteiger partial charge in [0.15, 0.2) is 5.78 Å². The normalized spacial score (nSPS) is 24.4. The van der Waals surface area contributed by atoms with E-state index in [2.05, 4.69) is 31.9 Å². The molecule has 0 saturated carbocycles. The van der Waals surface area contributed by atoms with Crippen LogP contribution < -0.4 is 4.74 Å². The van der Waals surface area contributed by atoms with Crippen LogP contribution in [0.5, 0.6) is 5.75 Å². The molecule has 1 saturated heterocycles. The van der Waals surface area contributed by atoms with E-state index in [0.29, 0.717) is 52.3 Å². The number of ether oxygens (including phenoxy) is 2. The van der Waals surface area contributed by atoms with Crippen molar-refractivity contribution in [2.75, 3.05) is 26.3 Å². The maximum absolute atomic E-state index is 12.2. The molecule has 0 radical (unpaired) electrons. The van der Waals surface area contributed by atoms with E-state index in [9.17, 15) is 14.9 Å². The zero-order chi connectivity index (χ0) is 22.9. The Kier molecular flexibility index (Phi) is 8.19. The van der Waals surface area contributed by atoms with Crippen LogP contribution in [0.15, 0.2) is 32.9 Å². The van der Waals surface area contributed by atoms with Crippen molar-refractivity contribution in [2.45, 2.75) is 35.2 Å². The van der Waals surface area contributed by atoms with Gasteiger partial charge >= 0.3 is 0 Å². The molecule has 0 aliphatic carbocycles. The lowest BCUT2D eigenvalue weighted by Gasteiger charge is -2.39. The first-order valence-corrected chi connectivity index (χ1v) is 12.1. The number of nitro groups is 1. The molecule has 1 aromatic carbocycles. The van der Waals surface area contributed by atoms with Crippen LogP contribution >= 0.6 is 66.7 Å². The Morgan fingerprint density at radius 3 is 2.52 bits per heavy atom. The number of halogens is 5. The summed E-state index contributed by atoms with van der Waals surface area (Å²) >= 11 is 25.2. The zero-order valence-electron chi connectivity index (χ0n) is 16.3. The number of hydrogen-bond donors (Lipinski definition) is 0. The summed E-state index contributed by atoms with van der Waals surface area (Å²) in [4.78, 5) is 25.7. The molecule has 1 fully saturated rings. The molecule has 2 heterocycles. The summed E-state index contributed by atoms with van der Waals surface area (Å²) in [5.74, 6) is -0.479. The highest BCUT2D eigenvalue weighted by Crippen LogP contribution is 2.50. The molecule has 7 nitrogen and oxygen atoms in total. The number of rotatable bonds is 5. The summed E-state index contributed by atoms with van der Waals surface area (Å²) in [6.07, 6.45) is 0.377. The molecule has 0 bridgehead atoms. The molecule has 0 unspecified atom stereocenters. The van der Waals surface area contributed by atoms with Gasteiger partial charge in [-0.3, -0.25) is 14.9 Å². The molecule has 2 aliphatic rings. The predicted octanol–water partition coefficient (Wildman–Crippen LogP) is 5.27. The Hall–Kier alpha value is -0.580. The monoisotopic (exact) mass is 618 g/mol. The average Bonchev–Trinajstić information content (AvgIpc) is 2.66. The van der Waals surface area contributed by atoms with Gasteiger partial charge in [0.1, 0.15) is 5.75 Å². The van der Waals surface area contributed by atoms with E-state index in [1.165, 1.54) is 13.0 Å². The van der Waals surface area contributed by atoms with E-state index in [0.717, 1.165) is 0 Å². The third-order valence-corrected chi connectivity index (χ3v) is 6.88. The van der Waals surface area contributed by atoms with Gasteiger partial charge in [-0.1, -0.05) is 50.7 Å². The van der Waals surface area contributed by atoms with Crippen LogP contribution in [-0.2, 0) is 9.53 Å². The number of carbonyl (C=O) groups excluding carboxylic acids is 1. The third kappa shape index (κ3) is 5.86. The molecule has 0 amide bonds. The number of carbonyl (C=O) groups is 1. The fraction of sp³-hybridized carbons (Fsp3) is 0.526. The van der Waals surface area contributed by atoms with Crippen LogP contribution in [-0.4, -0.2) is 57.8 Å². The lowest BCUT2D eigenvalue weighted by Crippen LogP contribution is -2.52. The van der Waals surface area contributed by atoms with Gasteiger partial charge < -0.3 is 14.4 Å². The largest absolute Gasteiger partial charge is 0.477 e. The minimum absolute atomic E-state index is 0.153. The Balaban J connectivity index is 2.13. The maximum Gasteiger partial charge on any atom is 0.260 e. The minimum Gasteiger partial charge on any atom is -0.477 e. The molecule has 31 heavy (non-hydrogen) atoms. The molecule has 0 N–H and O–H groups in total. The summed E-state index contributed by atoms with van der Waals surface area (Å²) in [5.41, 5.74) is 1.27. The molecule has 3 rings (SSSR count). The van der Waals surface area contributed by atoms with Gasteiger partial charge in [-0.2, -0.15) is 0 Å². The summed E-state index contributed by atoms with van der Waals surface area (Å²) in [6, 6.07) is 2.17. The van der Waals surface area contributed by atoms with Crippen molar-refractivity contribution in [3.05, 3.63) is 48.5 Å². The SMILES string of the molecule is CC(=O)/C=C(\C[C@H]1c2cc(Br)cc(Br)c2O[C@H](C(Cl)(Cl)Cl)[C@H]1[N+](=O)[O-])N1CCOCC1. The number of morpholine rings is 1. The second-order valence-electron chi connectivity index (χ2n) is 7.32. The second-order valence-corrected chi connectivity index (χ2v) is 11.5. The summed E-state index contributed by atoms with van der Waals surface area (Å²) in [6.45, 7) is 3.61. The van der Waals surface area contributed by atoms with Crippen molar-refractivity contribution in [1.82, 2.24) is 4.90 Å². The van der Waals surface area contributed by atoms with Gasteiger partial charge in [0.05, 0.1) is 23.6 Å². The number of nitrogens with zero attached hydrogens (tertiary/aromatic N) is 2. The number of ketones is 1. The lowest BCUT2D eigenvalue weighted by atomic mass is 9.82. The van der Waals surface area contributed by atoms with Crippen molar-refractivity contribution in [3.8, 4) is 5.75 Å². The molecule has 170 valence electrons. The van der Waals surface area contributed by atoms with Crippen molar-refractivity contribution >= 4 is 72.4 Å². The van der Waals surface area contributed by atoms with Crippen molar-refractivity contribution in [3.63, 3.8) is 0 Å².